The highest BCUT2D eigenvalue weighted by Gasteiger charge is 2.32. The van der Waals surface area contributed by atoms with E-state index in [-0.39, 0.29) is 18.1 Å². The van der Waals surface area contributed by atoms with Crippen molar-refractivity contribution in [2.24, 2.45) is 0 Å². The largest absolute Gasteiger partial charge is 0.416 e. The quantitative estimate of drug-likeness (QED) is 0.324. The monoisotopic (exact) mass is 571 g/mol. The molecule has 4 heterocycles. The van der Waals surface area contributed by atoms with Crippen LogP contribution in [0.5, 0.6) is 0 Å². The van der Waals surface area contributed by atoms with Crippen molar-refractivity contribution in [3.8, 4) is 0 Å². The number of halogens is 3. The Labute approximate surface area is 233 Å². The SMILES string of the molecule is COCCN(C)Cc1cc(NC(=O)c2csc3c2CCN(C(=O)c2cnc4ccccn24)C3)cc(C(F)(F)F)c1. The van der Waals surface area contributed by atoms with E-state index in [1.807, 2.05) is 23.1 Å². The zero-order valence-corrected chi connectivity index (χ0v) is 22.8. The van der Waals surface area contributed by atoms with E-state index in [0.717, 1.165) is 22.6 Å². The number of fused-ring (bicyclic) bond motifs is 2. The standard InChI is InChI=1S/C28H28F3N5O3S/c1-34(9-10-39-2)15-18-11-19(28(29,30)31)13-20(12-18)33-26(37)22-17-40-24-16-35(8-6-21(22)24)27(38)23-14-32-25-5-3-4-7-36(23)25/h3-5,7,11-14,17H,6,8-10,15-16H2,1-2H3,(H,33,37). The number of carbonyl (C=O) groups is 2. The molecule has 210 valence electrons. The van der Waals surface area contributed by atoms with E-state index in [1.54, 1.807) is 47.3 Å². The molecule has 0 spiro atoms. The lowest BCUT2D eigenvalue weighted by atomic mass is 10.0. The summed E-state index contributed by atoms with van der Waals surface area (Å²) >= 11 is 1.36. The van der Waals surface area contributed by atoms with Crippen LogP contribution in [0.4, 0.5) is 18.9 Å². The third kappa shape index (κ3) is 5.88. The van der Waals surface area contributed by atoms with Crippen LogP contribution in [0.1, 0.15) is 42.4 Å². The summed E-state index contributed by atoms with van der Waals surface area (Å²) in [7, 11) is 3.35. The molecule has 0 radical (unpaired) electrons. The van der Waals surface area contributed by atoms with Gasteiger partial charge in [0.2, 0.25) is 0 Å². The molecule has 40 heavy (non-hydrogen) atoms. The number of amides is 2. The fourth-order valence-electron chi connectivity index (χ4n) is 4.80. The summed E-state index contributed by atoms with van der Waals surface area (Å²) in [4.78, 5) is 35.2. The van der Waals surface area contributed by atoms with Crippen molar-refractivity contribution in [1.82, 2.24) is 19.2 Å². The Bertz CT molecular complexity index is 1550. The summed E-state index contributed by atoms with van der Waals surface area (Å²) in [5.41, 5.74) is 2.05. The number of pyridine rings is 1. The van der Waals surface area contributed by atoms with Gasteiger partial charge in [0.05, 0.1) is 30.5 Å². The van der Waals surface area contributed by atoms with Crippen molar-refractivity contribution in [3.05, 3.63) is 87.0 Å². The third-order valence-electron chi connectivity index (χ3n) is 6.82. The Hall–Kier alpha value is -3.74. The van der Waals surface area contributed by atoms with E-state index >= 15 is 0 Å². The van der Waals surface area contributed by atoms with Crippen molar-refractivity contribution in [1.29, 1.82) is 0 Å². The van der Waals surface area contributed by atoms with E-state index in [4.69, 9.17) is 4.74 Å². The second-order valence-electron chi connectivity index (χ2n) is 9.70. The average Bonchev–Trinajstić information content (AvgIpc) is 3.55. The van der Waals surface area contributed by atoms with Gasteiger partial charge in [0.25, 0.3) is 11.8 Å². The van der Waals surface area contributed by atoms with Gasteiger partial charge < -0.3 is 15.0 Å². The molecule has 4 aromatic rings. The lowest BCUT2D eigenvalue weighted by molar-refractivity contribution is -0.137. The van der Waals surface area contributed by atoms with Crippen molar-refractivity contribution in [3.63, 3.8) is 0 Å². The van der Waals surface area contributed by atoms with Gasteiger partial charge in [-0.15, -0.1) is 11.3 Å². The molecule has 0 aliphatic carbocycles. The molecule has 8 nitrogen and oxygen atoms in total. The third-order valence-corrected chi connectivity index (χ3v) is 7.84. The Morgan fingerprint density at radius 3 is 2.83 bits per heavy atom. The number of nitrogens with zero attached hydrogens (tertiary/aromatic N) is 4. The average molecular weight is 572 g/mol. The Balaban J connectivity index is 1.32. The highest BCUT2D eigenvalue weighted by atomic mass is 32.1. The molecule has 12 heteroatoms. The number of nitrogens with one attached hydrogen (secondary N) is 1. The van der Waals surface area contributed by atoms with E-state index in [2.05, 4.69) is 10.3 Å². The first kappa shape index (κ1) is 27.8. The molecule has 0 saturated carbocycles. The van der Waals surface area contributed by atoms with Gasteiger partial charge in [-0.25, -0.2) is 4.98 Å². The molecule has 1 aromatic carbocycles. The lowest BCUT2D eigenvalue weighted by Crippen LogP contribution is -2.36. The smallest absolute Gasteiger partial charge is 0.383 e. The number of likely N-dealkylation sites (N-methyl/N-ethyl adjacent to an activating group) is 1. The van der Waals surface area contributed by atoms with Crippen molar-refractivity contribution >= 4 is 34.5 Å². The fraction of sp³-hybridized carbons (Fsp3) is 0.321. The van der Waals surface area contributed by atoms with Crippen molar-refractivity contribution in [2.75, 3.05) is 39.2 Å². The number of aromatic nitrogens is 2. The van der Waals surface area contributed by atoms with Crippen LogP contribution in [0.15, 0.2) is 54.2 Å². The molecule has 0 fully saturated rings. The highest BCUT2D eigenvalue weighted by Crippen LogP contribution is 2.34. The molecule has 1 aliphatic rings. The van der Waals surface area contributed by atoms with E-state index in [0.29, 0.717) is 55.1 Å². The van der Waals surface area contributed by atoms with Gasteiger partial charge in [-0.1, -0.05) is 6.07 Å². The molecule has 1 aliphatic heterocycles. The van der Waals surface area contributed by atoms with Gasteiger partial charge in [0, 0.05) is 48.9 Å². The van der Waals surface area contributed by atoms with Crippen molar-refractivity contribution < 1.29 is 27.5 Å². The van der Waals surface area contributed by atoms with Crippen LogP contribution in [0.2, 0.25) is 0 Å². The van der Waals surface area contributed by atoms with Crippen LogP contribution in [0.25, 0.3) is 5.65 Å². The van der Waals surface area contributed by atoms with Crippen LogP contribution in [-0.2, 0) is 30.4 Å². The highest BCUT2D eigenvalue weighted by molar-refractivity contribution is 7.10. The first-order valence-electron chi connectivity index (χ1n) is 12.6. The van der Waals surface area contributed by atoms with Gasteiger partial charge >= 0.3 is 6.18 Å². The number of hydrogen-bond donors (Lipinski definition) is 1. The normalized spacial score (nSPS) is 13.6. The molecule has 0 atom stereocenters. The zero-order chi connectivity index (χ0) is 28.4. The first-order valence-corrected chi connectivity index (χ1v) is 13.5. The van der Waals surface area contributed by atoms with Crippen LogP contribution < -0.4 is 5.32 Å². The maximum Gasteiger partial charge on any atom is 0.416 e. The fourth-order valence-corrected chi connectivity index (χ4v) is 5.89. The summed E-state index contributed by atoms with van der Waals surface area (Å²) in [6.07, 6.45) is -0.754. The number of thiophene rings is 1. The number of hydrogen-bond acceptors (Lipinski definition) is 6. The van der Waals surface area contributed by atoms with Gasteiger partial charge in [0.15, 0.2) is 0 Å². The maximum absolute atomic E-state index is 13.6. The van der Waals surface area contributed by atoms with E-state index < -0.39 is 17.6 Å². The second-order valence-corrected chi connectivity index (χ2v) is 10.7. The molecule has 0 bridgehead atoms. The van der Waals surface area contributed by atoms with Gasteiger partial charge in [-0.3, -0.25) is 18.9 Å². The Kier molecular flexibility index (Phi) is 7.92. The molecule has 5 rings (SSSR count). The molecule has 0 unspecified atom stereocenters. The number of alkyl halides is 3. The first-order chi connectivity index (χ1) is 19.1. The molecular formula is C28H28F3N5O3S. The minimum Gasteiger partial charge on any atom is -0.383 e. The van der Waals surface area contributed by atoms with E-state index in [1.165, 1.54) is 11.3 Å². The zero-order valence-electron chi connectivity index (χ0n) is 22.0. The summed E-state index contributed by atoms with van der Waals surface area (Å²) in [5.74, 6) is -0.632. The number of imidazole rings is 1. The topological polar surface area (TPSA) is 79.2 Å². The van der Waals surface area contributed by atoms with E-state index in [9.17, 15) is 22.8 Å². The second kappa shape index (κ2) is 11.4. The molecule has 0 saturated heterocycles. The summed E-state index contributed by atoms with van der Waals surface area (Å²) in [5, 5.41) is 4.38. The number of carbonyl (C=O) groups excluding carboxylic acids is 2. The molecular weight excluding hydrogens is 543 g/mol. The van der Waals surface area contributed by atoms with Crippen LogP contribution in [0.3, 0.4) is 0 Å². The minimum absolute atomic E-state index is 0.0788. The van der Waals surface area contributed by atoms with Crippen LogP contribution in [0, 0.1) is 0 Å². The summed E-state index contributed by atoms with van der Waals surface area (Å²) < 4.78 is 47.7. The Morgan fingerprint density at radius 1 is 1.23 bits per heavy atom. The molecule has 1 N–H and O–H groups in total. The predicted molar refractivity (Wildman–Crippen MR) is 146 cm³/mol. The molecule has 3 aromatic heterocycles. The number of anilines is 1. The number of benzene rings is 1. The summed E-state index contributed by atoms with van der Waals surface area (Å²) in [6, 6.07) is 9.11. The van der Waals surface area contributed by atoms with Crippen LogP contribution >= 0.6 is 11.3 Å². The Morgan fingerprint density at radius 2 is 2.05 bits per heavy atom. The molecule has 2 amide bonds. The maximum atomic E-state index is 13.6. The van der Waals surface area contributed by atoms with Crippen LogP contribution in [-0.4, -0.2) is 64.9 Å². The predicted octanol–water partition coefficient (Wildman–Crippen LogP) is 4.94. The van der Waals surface area contributed by atoms with Gasteiger partial charge in [-0.05, 0) is 54.9 Å². The van der Waals surface area contributed by atoms with Crippen molar-refractivity contribution in [2.45, 2.75) is 25.7 Å². The number of methoxy groups -OCH3 is 1. The summed E-state index contributed by atoms with van der Waals surface area (Å²) in [6.45, 7) is 2.01. The minimum atomic E-state index is -4.56. The number of rotatable bonds is 8. The lowest BCUT2D eigenvalue weighted by Gasteiger charge is -2.27. The number of ether oxygens (including phenoxy) is 1. The van der Waals surface area contributed by atoms with Gasteiger partial charge in [-0.2, -0.15) is 13.2 Å². The van der Waals surface area contributed by atoms with Gasteiger partial charge in [0.1, 0.15) is 11.3 Å².